The number of aliphatic carboxylic acids is 1. The van der Waals surface area contributed by atoms with E-state index in [0.717, 1.165) is 11.4 Å². The normalized spacial score (nSPS) is 11.3. The molecule has 1 heterocycles. The van der Waals surface area contributed by atoms with Crippen LogP contribution in [0.1, 0.15) is 17.0 Å². The minimum Gasteiger partial charge on any atom is -0.477 e. The van der Waals surface area contributed by atoms with E-state index < -0.39 is 5.97 Å². The second kappa shape index (κ2) is 6.27. The van der Waals surface area contributed by atoms with E-state index in [1.54, 1.807) is 24.3 Å². The number of nitriles is 1. The fourth-order valence-electron chi connectivity index (χ4n) is 2.27. The monoisotopic (exact) mass is 334 g/mol. The number of halogens is 2. The molecule has 0 saturated heterocycles. The van der Waals surface area contributed by atoms with Crippen molar-refractivity contribution in [1.29, 1.82) is 5.26 Å². The third-order valence-electron chi connectivity index (χ3n) is 3.29. The van der Waals surface area contributed by atoms with E-state index >= 15 is 0 Å². The molecule has 0 unspecified atom stereocenters. The number of rotatable bonds is 3. The maximum atomic E-state index is 11.0. The van der Waals surface area contributed by atoms with E-state index in [1.165, 1.54) is 6.08 Å². The summed E-state index contributed by atoms with van der Waals surface area (Å²) in [6.07, 6.45) is 1.35. The number of aromatic nitrogens is 1. The van der Waals surface area contributed by atoms with Gasteiger partial charge in [0.05, 0.1) is 15.7 Å². The van der Waals surface area contributed by atoms with Gasteiger partial charge in [-0.1, -0.05) is 29.3 Å². The van der Waals surface area contributed by atoms with Crippen molar-refractivity contribution in [2.75, 3.05) is 0 Å². The zero-order valence-electron chi connectivity index (χ0n) is 11.9. The maximum absolute atomic E-state index is 11.0. The first-order valence-electron chi connectivity index (χ1n) is 6.35. The average molecular weight is 335 g/mol. The van der Waals surface area contributed by atoms with Gasteiger partial charge in [0.1, 0.15) is 11.6 Å². The van der Waals surface area contributed by atoms with Crippen LogP contribution in [0.25, 0.3) is 11.8 Å². The zero-order valence-corrected chi connectivity index (χ0v) is 13.4. The predicted molar refractivity (Wildman–Crippen MR) is 86.5 cm³/mol. The Bertz CT molecular complexity index is 829. The lowest BCUT2D eigenvalue weighted by Crippen LogP contribution is -2.01. The Labute approximate surface area is 137 Å². The number of nitrogens with zero attached hydrogens (tertiary/aromatic N) is 2. The van der Waals surface area contributed by atoms with Gasteiger partial charge in [0.2, 0.25) is 0 Å². The second-order valence-electron chi connectivity index (χ2n) is 4.71. The van der Waals surface area contributed by atoms with Crippen molar-refractivity contribution in [3.8, 4) is 11.8 Å². The number of benzene rings is 1. The van der Waals surface area contributed by atoms with Gasteiger partial charge in [-0.15, -0.1) is 0 Å². The molecule has 0 aliphatic carbocycles. The van der Waals surface area contributed by atoms with Gasteiger partial charge < -0.3 is 9.67 Å². The number of carboxylic acids is 1. The molecule has 112 valence electrons. The van der Waals surface area contributed by atoms with Crippen molar-refractivity contribution < 1.29 is 9.90 Å². The highest BCUT2D eigenvalue weighted by Crippen LogP contribution is 2.32. The standard InChI is InChI=1S/C16H12Cl2N2O2/c1-9-6-11(7-12(8-19)16(21)22)10(2)20(9)14-5-3-4-13(17)15(14)18/h3-7H,1-2H3,(H,21,22)/b12-7+. The van der Waals surface area contributed by atoms with Gasteiger partial charge >= 0.3 is 5.97 Å². The number of carboxylic acid groups (broad SMARTS) is 1. The fraction of sp³-hybridized carbons (Fsp3) is 0.125. The molecular weight excluding hydrogens is 323 g/mol. The largest absolute Gasteiger partial charge is 0.477 e. The number of carbonyl (C=O) groups is 1. The Morgan fingerprint density at radius 2 is 2.05 bits per heavy atom. The van der Waals surface area contributed by atoms with Gasteiger partial charge in [-0.05, 0) is 43.7 Å². The molecule has 1 N–H and O–H groups in total. The van der Waals surface area contributed by atoms with Crippen molar-refractivity contribution >= 4 is 35.2 Å². The van der Waals surface area contributed by atoms with Gasteiger partial charge in [-0.3, -0.25) is 0 Å². The minimum atomic E-state index is -1.26. The first-order chi connectivity index (χ1) is 10.4. The molecule has 22 heavy (non-hydrogen) atoms. The van der Waals surface area contributed by atoms with Crippen molar-refractivity contribution in [3.63, 3.8) is 0 Å². The smallest absolute Gasteiger partial charge is 0.346 e. The summed E-state index contributed by atoms with van der Waals surface area (Å²) >= 11 is 12.3. The lowest BCUT2D eigenvalue weighted by Gasteiger charge is -2.12. The summed E-state index contributed by atoms with van der Waals surface area (Å²) in [6.45, 7) is 3.70. The van der Waals surface area contributed by atoms with Crippen LogP contribution in [-0.2, 0) is 4.79 Å². The average Bonchev–Trinajstić information content (AvgIpc) is 2.74. The van der Waals surface area contributed by atoms with Crippen LogP contribution in [0.3, 0.4) is 0 Å². The molecule has 0 fully saturated rings. The molecule has 1 aromatic carbocycles. The van der Waals surface area contributed by atoms with Gasteiger partial charge in [-0.2, -0.15) is 5.26 Å². The van der Waals surface area contributed by atoms with Crippen LogP contribution >= 0.6 is 23.2 Å². The van der Waals surface area contributed by atoms with E-state index in [1.807, 2.05) is 24.5 Å². The van der Waals surface area contributed by atoms with Crippen LogP contribution in [0.2, 0.25) is 10.0 Å². The Hall–Kier alpha value is -2.22. The molecule has 2 aromatic rings. The van der Waals surface area contributed by atoms with Crippen LogP contribution in [0.5, 0.6) is 0 Å². The van der Waals surface area contributed by atoms with Crippen LogP contribution in [0.4, 0.5) is 0 Å². The molecule has 0 aliphatic heterocycles. The third kappa shape index (κ3) is 2.87. The Kier molecular flexibility index (Phi) is 4.60. The van der Waals surface area contributed by atoms with Crippen LogP contribution in [0, 0.1) is 25.2 Å². The van der Waals surface area contributed by atoms with Crippen LogP contribution in [0.15, 0.2) is 29.8 Å². The molecule has 0 aliphatic rings. The number of hydrogen-bond donors (Lipinski definition) is 1. The summed E-state index contributed by atoms with van der Waals surface area (Å²) in [7, 11) is 0. The fourth-order valence-corrected chi connectivity index (χ4v) is 2.65. The molecule has 0 radical (unpaired) electrons. The molecule has 0 bridgehead atoms. The maximum Gasteiger partial charge on any atom is 0.346 e. The molecule has 1 aromatic heterocycles. The van der Waals surface area contributed by atoms with Gasteiger partial charge in [0.15, 0.2) is 0 Å². The number of aryl methyl sites for hydroxylation is 1. The molecule has 0 spiro atoms. The van der Waals surface area contributed by atoms with Crippen molar-refractivity contribution in [1.82, 2.24) is 4.57 Å². The third-order valence-corrected chi connectivity index (χ3v) is 4.10. The lowest BCUT2D eigenvalue weighted by molar-refractivity contribution is -0.132. The van der Waals surface area contributed by atoms with Crippen LogP contribution < -0.4 is 0 Å². The quantitative estimate of drug-likeness (QED) is 0.668. The summed E-state index contributed by atoms with van der Waals surface area (Å²) in [5, 5.41) is 18.7. The summed E-state index contributed by atoms with van der Waals surface area (Å²) < 4.78 is 1.87. The Morgan fingerprint density at radius 1 is 1.36 bits per heavy atom. The van der Waals surface area contributed by atoms with E-state index in [2.05, 4.69) is 0 Å². The summed E-state index contributed by atoms with van der Waals surface area (Å²) in [5.41, 5.74) is 2.66. The molecular formula is C16H12Cl2N2O2. The van der Waals surface area contributed by atoms with E-state index in [-0.39, 0.29) is 5.57 Å². The molecule has 6 heteroatoms. The highest BCUT2D eigenvalue weighted by atomic mass is 35.5. The molecule has 0 saturated carbocycles. The minimum absolute atomic E-state index is 0.322. The SMILES string of the molecule is Cc1cc(/C=C(\C#N)C(=O)O)c(C)n1-c1cccc(Cl)c1Cl. The van der Waals surface area contributed by atoms with E-state index in [0.29, 0.717) is 21.3 Å². The lowest BCUT2D eigenvalue weighted by atomic mass is 10.1. The highest BCUT2D eigenvalue weighted by molar-refractivity contribution is 6.43. The number of hydrogen-bond acceptors (Lipinski definition) is 2. The van der Waals surface area contributed by atoms with Crippen molar-refractivity contribution in [2.45, 2.75) is 13.8 Å². The topological polar surface area (TPSA) is 66.0 Å². The van der Waals surface area contributed by atoms with Crippen molar-refractivity contribution in [3.05, 3.63) is 56.8 Å². The molecule has 0 atom stereocenters. The predicted octanol–water partition coefficient (Wildman–Crippen LogP) is 4.39. The molecule has 2 rings (SSSR count). The van der Waals surface area contributed by atoms with Gasteiger partial charge in [0, 0.05) is 11.4 Å². The molecule has 4 nitrogen and oxygen atoms in total. The van der Waals surface area contributed by atoms with Crippen molar-refractivity contribution in [2.24, 2.45) is 0 Å². The highest BCUT2D eigenvalue weighted by Gasteiger charge is 2.15. The Morgan fingerprint density at radius 3 is 2.64 bits per heavy atom. The summed E-state index contributed by atoms with van der Waals surface area (Å²) in [4.78, 5) is 11.0. The zero-order chi connectivity index (χ0) is 16.4. The first kappa shape index (κ1) is 16.2. The van der Waals surface area contributed by atoms with Crippen LogP contribution in [-0.4, -0.2) is 15.6 Å². The van der Waals surface area contributed by atoms with Gasteiger partial charge in [-0.25, -0.2) is 4.79 Å². The Balaban J connectivity index is 2.65. The van der Waals surface area contributed by atoms with Gasteiger partial charge in [0.25, 0.3) is 0 Å². The summed E-state index contributed by atoms with van der Waals surface area (Å²) in [6, 6.07) is 8.78. The van der Waals surface area contributed by atoms with E-state index in [4.69, 9.17) is 33.6 Å². The first-order valence-corrected chi connectivity index (χ1v) is 7.10. The summed E-state index contributed by atoms with van der Waals surface area (Å²) in [5.74, 6) is -1.26. The molecule has 0 amide bonds. The second-order valence-corrected chi connectivity index (χ2v) is 5.49. The van der Waals surface area contributed by atoms with E-state index in [9.17, 15) is 4.79 Å².